The first-order valence-corrected chi connectivity index (χ1v) is 5.59. The molecule has 0 aliphatic rings. The molecule has 0 fully saturated rings. The minimum atomic E-state index is -0.201. The average molecular weight is 245 g/mol. The third-order valence-corrected chi connectivity index (χ3v) is 2.63. The molecule has 0 saturated carbocycles. The molecule has 2 rings (SSSR count). The van der Waals surface area contributed by atoms with Gasteiger partial charge in [0.25, 0.3) is 5.91 Å². The molecule has 6 heteroatoms. The fourth-order valence-corrected chi connectivity index (χ4v) is 1.55. The summed E-state index contributed by atoms with van der Waals surface area (Å²) in [6.07, 6.45) is 3.30. The van der Waals surface area contributed by atoms with Crippen molar-refractivity contribution in [2.75, 3.05) is 12.4 Å². The molecule has 2 aromatic heterocycles. The molecule has 2 aromatic rings. The van der Waals surface area contributed by atoms with Crippen LogP contribution in [0.15, 0.2) is 30.6 Å². The standard InChI is InChI=1S/C12H15N5O/c1-13-9-3-5-14-11(7-9)12(18)15-8-10-4-6-16-17(10)2/h3-7H,8H2,1-2H3,(H,13,14)(H,15,18). The SMILES string of the molecule is CNc1ccnc(C(=O)NCc2ccnn2C)c1. The Kier molecular flexibility index (Phi) is 3.57. The van der Waals surface area contributed by atoms with E-state index < -0.39 is 0 Å². The van der Waals surface area contributed by atoms with Gasteiger partial charge in [0, 0.05) is 32.2 Å². The van der Waals surface area contributed by atoms with Crippen LogP contribution in [0.2, 0.25) is 0 Å². The number of amides is 1. The molecule has 0 saturated heterocycles. The van der Waals surface area contributed by atoms with Gasteiger partial charge >= 0.3 is 0 Å². The van der Waals surface area contributed by atoms with E-state index in [1.807, 2.05) is 13.1 Å². The molecule has 2 heterocycles. The summed E-state index contributed by atoms with van der Waals surface area (Å²) >= 11 is 0. The Hall–Kier alpha value is -2.37. The summed E-state index contributed by atoms with van der Waals surface area (Å²) in [6.45, 7) is 0.431. The van der Waals surface area contributed by atoms with Gasteiger partial charge in [0.2, 0.25) is 0 Å². The lowest BCUT2D eigenvalue weighted by Gasteiger charge is -2.06. The first-order valence-electron chi connectivity index (χ1n) is 5.59. The number of nitrogens with zero attached hydrogens (tertiary/aromatic N) is 3. The lowest BCUT2D eigenvalue weighted by molar-refractivity contribution is 0.0945. The number of hydrogen-bond acceptors (Lipinski definition) is 4. The van der Waals surface area contributed by atoms with Crippen LogP contribution >= 0.6 is 0 Å². The zero-order valence-corrected chi connectivity index (χ0v) is 10.3. The molecule has 0 aliphatic carbocycles. The molecule has 94 valence electrons. The zero-order valence-electron chi connectivity index (χ0n) is 10.3. The van der Waals surface area contributed by atoms with Gasteiger partial charge in [-0.1, -0.05) is 0 Å². The molecule has 0 aromatic carbocycles. The quantitative estimate of drug-likeness (QED) is 0.835. The molecule has 0 radical (unpaired) electrons. The molecule has 0 atom stereocenters. The summed E-state index contributed by atoms with van der Waals surface area (Å²) in [7, 11) is 3.63. The van der Waals surface area contributed by atoms with Gasteiger partial charge in [-0.15, -0.1) is 0 Å². The molecule has 0 aliphatic heterocycles. The number of aryl methyl sites for hydroxylation is 1. The van der Waals surface area contributed by atoms with Gasteiger partial charge in [-0.25, -0.2) is 0 Å². The highest BCUT2D eigenvalue weighted by Crippen LogP contribution is 2.06. The van der Waals surface area contributed by atoms with Crippen LogP contribution in [0.1, 0.15) is 16.2 Å². The van der Waals surface area contributed by atoms with Gasteiger partial charge in [0.1, 0.15) is 5.69 Å². The summed E-state index contributed by atoms with van der Waals surface area (Å²) in [5.74, 6) is -0.201. The van der Waals surface area contributed by atoms with E-state index in [4.69, 9.17) is 0 Å². The molecule has 0 unspecified atom stereocenters. The molecule has 0 bridgehead atoms. The van der Waals surface area contributed by atoms with E-state index in [0.29, 0.717) is 12.2 Å². The first-order chi connectivity index (χ1) is 8.70. The number of aromatic nitrogens is 3. The van der Waals surface area contributed by atoms with Crippen LogP contribution in [0.3, 0.4) is 0 Å². The van der Waals surface area contributed by atoms with Gasteiger partial charge in [-0.3, -0.25) is 14.5 Å². The van der Waals surface area contributed by atoms with E-state index in [9.17, 15) is 4.79 Å². The molecular weight excluding hydrogens is 230 g/mol. The number of nitrogens with one attached hydrogen (secondary N) is 2. The molecule has 18 heavy (non-hydrogen) atoms. The largest absolute Gasteiger partial charge is 0.388 e. The van der Waals surface area contributed by atoms with Gasteiger partial charge in [-0.2, -0.15) is 5.10 Å². The smallest absolute Gasteiger partial charge is 0.270 e. The van der Waals surface area contributed by atoms with Crippen molar-refractivity contribution < 1.29 is 4.79 Å². The highest BCUT2D eigenvalue weighted by atomic mass is 16.1. The van der Waals surface area contributed by atoms with E-state index in [1.165, 1.54) is 0 Å². The summed E-state index contributed by atoms with van der Waals surface area (Å²) in [4.78, 5) is 15.9. The second-order valence-corrected chi connectivity index (χ2v) is 3.81. The van der Waals surface area contributed by atoms with Crippen molar-refractivity contribution in [1.29, 1.82) is 0 Å². The Morgan fingerprint density at radius 2 is 2.22 bits per heavy atom. The molecule has 2 N–H and O–H groups in total. The van der Waals surface area contributed by atoms with E-state index in [1.54, 1.807) is 36.3 Å². The summed E-state index contributed by atoms with van der Waals surface area (Å²) in [5.41, 5.74) is 2.19. The van der Waals surface area contributed by atoms with E-state index >= 15 is 0 Å². The van der Waals surface area contributed by atoms with Crippen molar-refractivity contribution in [2.45, 2.75) is 6.54 Å². The number of pyridine rings is 1. The molecular formula is C12H15N5O. The Bertz CT molecular complexity index is 549. The lowest BCUT2D eigenvalue weighted by atomic mass is 10.3. The maximum atomic E-state index is 11.9. The van der Waals surface area contributed by atoms with Crippen molar-refractivity contribution in [3.8, 4) is 0 Å². The number of carbonyl (C=O) groups excluding carboxylic acids is 1. The monoisotopic (exact) mass is 245 g/mol. The van der Waals surface area contributed by atoms with E-state index in [0.717, 1.165) is 11.4 Å². The van der Waals surface area contributed by atoms with E-state index in [2.05, 4.69) is 20.7 Å². The molecule has 1 amide bonds. The fraction of sp³-hybridized carbons (Fsp3) is 0.250. The first kappa shape index (κ1) is 12.1. The van der Waals surface area contributed by atoms with Gasteiger partial charge in [-0.05, 0) is 18.2 Å². The molecule has 0 spiro atoms. The topological polar surface area (TPSA) is 71.8 Å². The lowest BCUT2D eigenvalue weighted by Crippen LogP contribution is -2.25. The number of anilines is 1. The maximum absolute atomic E-state index is 11.9. The van der Waals surface area contributed by atoms with Crippen molar-refractivity contribution in [3.63, 3.8) is 0 Å². The van der Waals surface area contributed by atoms with Crippen LogP contribution in [-0.2, 0) is 13.6 Å². The normalized spacial score (nSPS) is 10.1. The highest BCUT2D eigenvalue weighted by molar-refractivity contribution is 5.92. The second-order valence-electron chi connectivity index (χ2n) is 3.81. The minimum absolute atomic E-state index is 0.201. The van der Waals surface area contributed by atoms with Crippen LogP contribution in [-0.4, -0.2) is 27.7 Å². The third kappa shape index (κ3) is 2.65. The summed E-state index contributed by atoms with van der Waals surface area (Å²) in [5, 5.41) is 9.80. The minimum Gasteiger partial charge on any atom is -0.388 e. The van der Waals surface area contributed by atoms with Crippen LogP contribution < -0.4 is 10.6 Å². The maximum Gasteiger partial charge on any atom is 0.270 e. The van der Waals surface area contributed by atoms with Crippen LogP contribution in [0.25, 0.3) is 0 Å². The van der Waals surface area contributed by atoms with E-state index in [-0.39, 0.29) is 5.91 Å². The highest BCUT2D eigenvalue weighted by Gasteiger charge is 2.08. The van der Waals surface area contributed by atoms with Crippen molar-refractivity contribution in [2.24, 2.45) is 7.05 Å². The van der Waals surface area contributed by atoms with Gasteiger partial charge in [0.15, 0.2) is 0 Å². The Morgan fingerprint density at radius 1 is 1.39 bits per heavy atom. The third-order valence-electron chi connectivity index (χ3n) is 2.63. The zero-order chi connectivity index (χ0) is 13.0. The predicted octanol–water partition coefficient (Wildman–Crippen LogP) is 0.787. The van der Waals surface area contributed by atoms with Gasteiger partial charge in [0.05, 0.1) is 12.2 Å². The Balaban J connectivity index is 2.01. The predicted molar refractivity (Wildman–Crippen MR) is 68.2 cm³/mol. The Morgan fingerprint density at radius 3 is 2.89 bits per heavy atom. The van der Waals surface area contributed by atoms with Gasteiger partial charge < -0.3 is 10.6 Å². The van der Waals surface area contributed by atoms with Crippen molar-refractivity contribution in [1.82, 2.24) is 20.1 Å². The van der Waals surface area contributed by atoms with Crippen LogP contribution in [0.5, 0.6) is 0 Å². The Labute approximate surface area is 105 Å². The average Bonchev–Trinajstić information content (AvgIpc) is 2.81. The fourth-order valence-electron chi connectivity index (χ4n) is 1.55. The van der Waals surface area contributed by atoms with Crippen molar-refractivity contribution in [3.05, 3.63) is 42.0 Å². The van der Waals surface area contributed by atoms with Crippen LogP contribution in [0, 0.1) is 0 Å². The molecule has 6 nitrogen and oxygen atoms in total. The number of hydrogen-bond donors (Lipinski definition) is 2. The second kappa shape index (κ2) is 5.31. The van der Waals surface area contributed by atoms with Crippen LogP contribution in [0.4, 0.5) is 5.69 Å². The summed E-state index contributed by atoms with van der Waals surface area (Å²) < 4.78 is 1.72. The summed E-state index contributed by atoms with van der Waals surface area (Å²) in [6, 6.07) is 5.37. The number of carbonyl (C=O) groups is 1. The van der Waals surface area contributed by atoms with Crippen molar-refractivity contribution >= 4 is 11.6 Å². The number of rotatable bonds is 4.